The van der Waals surface area contributed by atoms with Gasteiger partial charge in [-0.3, -0.25) is 0 Å². The van der Waals surface area contributed by atoms with Crippen LogP contribution in [0.4, 0.5) is 0 Å². The highest BCUT2D eigenvalue weighted by atomic mass is 35.5. The van der Waals surface area contributed by atoms with Crippen molar-refractivity contribution in [1.82, 2.24) is 5.32 Å². The molecule has 0 radical (unpaired) electrons. The van der Waals surface area contributed by atoms with Gasteiger partial charge in [0.05, 0.1) is 0 Å². The molecule has 82 valence electrons. The maximum atomic E-state index is 5.85. The number of hydrogen-bond donors (Lipinski definition) is 1. The molecule has 3 atom stereocenters. The Morgan fingerprint density at radius 2 is 2.00 bits per heavy atom. The van der Waals surface area contributed by atoms with Gasteiger partial charge in [0, 0.05) is 11.1 Å². The highest BCUT2D eigenvalue weighted by molar-refractivity contribution is 6.30. The number of halogens is 1. The zero-order chi connectivity index (χ0) is 10.8. The van der Waals surface area contributed by atoms with Crippen molar-refractivity contribution in [2.45, 2.75) is 26.3 Å². The van der Waals surface area contributed by atoms with E-state index in [9.17, 15) is 0 Å². The summed E-state index contributed by atoms with van der Waals surface area (Å²) in [6.07, 6.45) is 1.39. The Labute approximate surface area is 96.8 Å². The molecule has 1 aliphatic carbocycles. The van der Waals surface area contributed by atoms with E-state index in [1.165, 1.54) is 12.0 Å². The van der Waals surface area contributed by atoms with Crippen LogP contribution in [0, 0.1) is 11.8 Å². The maximum absolute atomic E-state index is 5.85. The highest BCUT2D eigenvalue weighted by Gasteiger charge is 2.32. The van der Waals surface area contributed by atoms with E-state index < -0.39 is 0 Å². The summed E-state index contributed by atoms with van der Waals surface area (Å²) < 4.78 is 0. The fourth-order valence-electron chi connectivity index (χ4n) is 1.88. The van der Waals surface area contributed by atoms with Crippen molar-refractivity contribution in [1.29, 1.82) is 0 Å². The summed E-state index contributed by atoms with van der Waals surface area (Å²) in [5, 5.41) is 4.37. The molecule has 0 amide bonds. The summed E-state index contributed by atoms with van der Waals surface area (Å²) >= 11 is 5.85. The topological polar surface area (TPSA) is 12.0 Å². The Balaban J connectivity index is 1.84. The molecule has 2 rings (SSSR count). The van der Waals surface area contributed by atoms with Crippen LogP contribution in [0.5, 0.6) is 0 Å². The molecule has 1 saturated carbocycles. The van der Waals surface area contributed by atoms with Crippen LogP contribution in [0.3, 0.4) is 0 Å². The van der Waals surface area contributed by atoms with E-state index in [0.717, 1.165) is 23.4 Å². The minimum absolute atomic E-state index is 0.426. The van der Waals surface area contributed by atoms with Crippen molar-refractivity contribution in [3.05, 3.63) is 34.9 Å². The molecule has 0 aromatic heterocycles. The van der Waals surface area contributed by atoms with Gasteiger partial charge in [-0.2, -0.15) is 0 Å². The van der Waals surface area contributed by atoms with Crippen molar-refractivity contribution in [3.63, 3.8) is 0 Å². The van der Waals surface area contributed by atoms with E-state index in [4.69, 9.17) is 11.6 Å². The van der Waals surface area contributed by atoms with Gasteiger partial charge in [0.25, 0.3) is 0 Å². The van der Waals surface area contributed by atoms with Crippen molar-refractivity contribution in [2.24, 2.45) is 11.8 Å². The van der Waals surface area contributed by atoms with Gasteiger partial charge in [-0.15, -0.1) is 0 Å². The van der Waals surface area contributed by atoms with Crippen LogP contribution < -0.4 is 5.32 Å². The minimum atomic E-state index is 0.426. The third kappa shape index (κ3) is 2.96. The zero-order valence-corrected chi connectivity index (χ0v) is 10.1. The standard InChI is InChI=1S/C13H18ClN/c1-9-7-12(9)8-15-10(2)11-3-5-13(14)6-4-11/h3-6,9-10,12,15H,7-8H2,1-2H3. The van der Waals surface area contributed by atoms with Gasteiger partial charge in [0.2, 0.25) is 0 Å². The van der Waals surface area contributed by atoms with Gasteiger partial charge in [0.1, 0.15) is 0 Å². The summed E-state index contributed by atoms with van der Waals surface area (Å²) in [5.74, 6) is 1.83. The molecule has 1 aromatic rings. The molecular formula is C13H18ClN. The largest absolute Gasteiger partial charge is 0.310 e. The van der Waals surface area contributed by atoms with Gasteiger partial charge >= 0.3 is 0 Å². The van der Waals surface area contributed by atoms with Crippen LogP contribution in [0.25, 0.3) is 0 Å². The molecule has 1 aromatic carbocycles. The first-order chi connectivity index (χ1) is 7.16. The lowest BCUT2D eigenvalue weighted by atomic mass is 10.1. The lowest BCUT2D eigenvalue weighted by Crippen LogP contribution is -2.21. The number of hydrogen-bond acceptors (Lipinski definition) is 1. The van der Waals surface area contributed by atoms with Gasteiger partial charge in [-0.25, -0.2) is 0 Å². The lowest BCUT2D eigenvalue weighted by Gasteiger charge is -2.14. The predicted molar refractivity (Wildman–Crippen MR) is 65.1 cm³/mol. The summed E-state index contributed by atoms with van der Waals surface area (Å²) in [6, 6.07) is 8.52. The normalized spacial score (nSPS) is 26.3. The van der Waals surface area contributed by atoms with Crippen LogP contribution in [-0.2, 0) is 0 Å². The van der Waals surface area contributed by atoms with Crippen LogP contribution in [-0.4, -0.2) is 6.54 Å². The first-order valence-corrected chi connectivity index (χ1v) is 6.03. The summed E-state index contributed by atoms with van der Waals surface area (Å²) in [7, 11) is 0. The van der Waals surface area contributed by atoms with Crippen LogP contribution >= 0.6 is 11.6 Å². The molecule has 2 heteroatoms. The lowest BCUT2D eigenvalue weighted by molar-refractivity contribution is 0.535. The smallest absolute Gasteiger partial charge is 0.0406 e. The molecule has 1 fully saturated rings. The third-order valence-electron chi connectivity index (χ3n) is 3.33. The molecule has 1 N–H and O–H groups in total. The number of rotatable bonds is 4. The predicted octanol–water partition coefficient (Wildman–Crippen LogP) is 3.65. The summed E-state index contributed by atoms with van der Waals surface area (Å²) in [4.78, 5) is 0. The van der Waals surface area contributed by atoms with Gasteiger partial charge in [0.15, 0.2) is 0 Å². The molecule has 0 aliphatic heterocycles. The first-order valence-electron chi connectivity index (χ1n) is 5.65. The summed E-state index contributed by atoms with van der Waals surface area (Å²) in [6.45, 7) is 5.67. The van der Waals surface area contributed by atoms with Crippen molar-refractivity contribution in [2.75, 3.05) is 6.54 Å². The molecule has 1 aliphatic rings. The van der Waals surface area contributed by atoms with Gasteiger partial charge in [-0.1, -0.05) is 30.7 Å². The van der Waals surface area contributed by atoms with Crippen molar-refractivity contribution in [3.8, 4) is 0 Å². The SMILES string of the molecule is CC(NCC1CC1C)c1ccc(Cl)cc1. The molecule has 3 unspecified atom stereocenters. The molecule has 15 heavy (non-hydrogen) atoms. The monoisotopic (exact) mass is 223 g/mol. The Hall–Kier alpha value is -0.530. The second-order valence-electron chi connectivity index (χ2n) is 4.65. The van der Waals surface area contributed by atoms with E-state index in [2.05, 4.69) is 31.3 Å². The van der Waals surface area contributed by atoms with Crippen LogP contribution in [0.2, 0.25) is 5.02 Å². The molecule has 0 saturated heterocycles. The quantitative estimate of drug-likeness (QED) is 0.822. The fraction of sp³-hybridized carbons (Fsp3) is 0.538. The Bertz CT molecular complexity index is 320. The average Bonchev–Trinajstić information content (AvgIpc) is 2.92. The van der Waals surface area contributed by atoms with E-state index in [1.807, 2.05) is 12.1 Å². The second-order valence-corrected chi connectivity index (χ2v) is 5.09. The number of benzene rings is 1. The van der Waals surface area contributed by atoms with E-state index in [1.54, 1.807) is 0 Å². The number of nitrogens with one attached hydrogen (secondary N) is 1. The molecule has 0 spiro atoms. The minimum Gasteiger partial charge on any atom is -0.310 e. The molecule has 0 bridgehead atoms. The van der Waals surface area contributed by atoms with Gasteiger partial charge < -0.3 is 5.32 Å². The van der Waals surface area contributed by atoms with Crippen molar-refractivity contribution >= 4 is 11.6 Å². The third-order valence-corrected chi connectivity index (χ3v) is 3.58. The Morgan fingerprint density at radius 1 is 1.40 bits per heavy atom. The second kappa shape index (κ2) is 4.54. The molecule has 1 nitrogen and oxygen atoms in total. The highest BCUT2D eigenvalue weighted by Crippen LogP contribution is 2.37. The average molecular weight is 224 g/mol. The van der Waals surface area contributed by atoms with E-state index in [0.29, 0.717) is 6.04 Å². The Kier molecular flexibility index (Phi) is 3.32. The zero-order valence-electron chi connectivity index (χ0n) is 9.33. The van der Waals surface area contributed by atoms with Crippen molar-refractivity contribution < 1.29 is 0 Å². The maximum Gasteiger partial charge on any atom is 0.0406 e. The van der Waals surface area contributed by atoms with Crippen LogP contribution in [0.1, 0.15) is 31.9 Å². The Morgan fingerprint density at radius 3 is 2.53 bits per heavy atom. The summed E-state index contributed by atoms with van der Waals surface area (Å²) in [5.41, 5.74) is 1.31. The molecular weight excluding hydrogens is 206 g/mol. The fourth-order valence-corrected chi connectivity index (χ4v) is 2.01. The first kappa shape index (κ1) is 11.0. The molecule has 0 heterocycles. The van der Waals surface area contributed by atoms with E-state index >= 15 is 0 Å². The van der Waals surface area contributed by atoms with Gasteiger partial charge in [-0.05, 0) is 49.4 Å². The van der Waals surface area contributed by atoms with Crippen LogP contribution in [0.15, 0.2) is 24.3 Å². The van der Waals surface area contributed by atoms with E-state index in [-0.39, 0.29) is 0 Å².